The maximum atomic E-state index is 5.30. The molecule has 0 atom stereocenters. The lowest BCUT2D eigenvalue weighted by Gasteiger charge is -2.21. The molecule has 1 rings (SSSR count). The number of methoxy groups -OCH3 is 2. The first-order valence-electron chi connectivity index (χ1n) is 4.82. The van der Waals surface area contributed by atoms with Crippen LogP contribution >= 0.6 is 15.9 Å². The third-order valence-electron chi connectivity index (χ3n) is 2.30. The van der Waals surface area contributed by atoms with Crippen LogP contribution in [-0.2, 0) is 5.41 Å². The second-order valence-electron chi connectivity index (χ2n) is 4.44. The minimum atomic E-state index is 0.0993. The van der Waals surface area contributed by atoms with Crippen molar-refractivity contribution in [2.24, 2.45) is 0 Å². The summed E-state index contributed by atoms with van der Waals surface area (Å²) in [6.45, 7) is 6.50. The molecule has 0 saturated carbocycles. The fourth-order valence-corrected chi connectivity index (χ4v) is 1.95. The van der Waals surface area contributed by atoms with E-state index in [1.54, 1.807) is 14.2 Å². The van der Waals surface area contributed by atoms with Gasteiger partial charge >= 0.3 is 0 Å². The van der Waals surface area contributed by atoms with Crippen molar-refractivity contribution < 1.29 is 9.47 Å². The molecule has 0 bridgehead atoms. The fourth-order valence-electron chi connectivity index (χ4n) is 1.35. The normalized spacial score (nSPS) is 11.3. The highest BCUT2D eigenvalue weighted by Crippen LogP contribution is 2.39. The highest BCUT2D eigenvalue weighted by atomic mass is 79.9. The first-order valence-corrected chi connectivity index (χ1v) is 5.61. The van der Waals surface area contributed by atoms with Gasteiger partial charge in [-0.3, -0.25) is 0 Å². The van der Waals surface area contributed by atoms with E-state index in [0.717, 1.165) is 16.0 Å². The molecule has 84 valence electrons. The summed E-state index contributed by atoms with van der Waals surface area (Å²) in [5.74, 6) is 1.50. The molecule has 3 heteroatoms. The molecule has 0 saturated heterocycles. The molecule has 0 aliphatic carbocycles. The van der Waals surface area contributed by atoms with Crippen molar-refractivity contribution in [3.05, 3.63) is 22.2 Å². The predicted molar refractivity (Wildman–Crippen MR) is 65.9 cm³/mol. The van der Waals surface area contributed by atoms with Crippen LogP contribution in [0.5, 0.6) is 11.5 Å². The lowest BCUT2D eigenvalue weighted by Crippen LogP contribution is -2.11. The minimum absolute atomic E-state index is 0.0993. The SMILES string of the molecule is COc1cc(C(C)(C)C)cc(Br)c1OC. The maximum Gasteiger partial charge on any atom is 0.174 e. The average Bonchev–Trinajstić information content (AvgIpc) is 2.15. The molecule has 0 N–H and O–H groups in total. The standard InChI is InChI=1S/C12H17BrO2/c1-12(2,3)8-6-9(13)11(15-5)10(7-8)14-4/h6-7H,1-5H3. The van der Waals surface area contributed by atoms with Gasteiger partial charge in [0, 0.05) is 0 Å². The average molecular weight is 273 g/mol. The predicted octanol–water partition coefficient (Wildman–Crippen LogP) is 3.76. The summed E-state index contributed by atoms with van der Waals surface area (Å²) in [5.41, 5.74) is 1.31. The Morgan fingerprint density at radius 1 is 1.07 bits per heavy atom. The number of benzene rings is 1. The van der Waals surface area contributed by atoms with E-state index in [2.05, 4.69) is 42.8 Å². The summed E-state index contributed by atoms with van der Waals surface area (Å²) >= 11 is 3.49. The van der Waals surface area contributed by atoms with Gasteiger partial charge in [-0.05, 0) is 39.0 Å². The van der Waals surface area contributed by atoms with Gasteiger partial charge in [0.15, 0.2) is 11.5 Å². The van der Waals surface area contributed by atoms with Gasteiger partial charge in [-0.15, -0.1) is 0 Å². The van der Waals surface area contributed by atoms with Crippen molar-refractivity contribution >= 4 is 15.9 Å². The molecule has 0 aliphatic rings. The summed E-state index contributed by atoms with van der Waals surface area (Å²) in [4.78, 5) is 0. The fraction of sp³-hybridized carbons (Fsp3) is 0.500. The van der Waals surface area contributed by atoms with E-state index in [-0.39, 0.29) is 5.41 Å². The zero-order chi connectivity index (χ0) is 11.6. The van der Waals surface area contributed by atoms with Crippen LogP contribution in [0.25, 0.3) is 0 Å². The van der Waals surface area contributed by atoms with Gasteiger partial charge in [0.1, 0.15) is 0 Å². The Labute approximate surface area is 99.7 Å². The summed E-state index contributed by atoms with van der Waals surface area (Å²) < 4.78 is 11.5. The molecule has 0 radical (unpaired) electrons. The number of hydrogen-bond donors (Lipinski definition) is 0. The Kier molecular flexibility index (Phi) is 3.66. The number of hydrogen-bond acceptors (Lipinski definition) is 2. The molecule has 1 aromatic carbocycles. The van der Waals surface area contributed by atoms with Gasteiger partial charge < -0.3 is 9.47 Å². The largest absolute Gasteiger partial charge is 0.493 e. The molecule has 0 heterocycles. The Morgan fingerprint density at radius 2 is 1.67 bits per heavy atom. The Balaban J connectivity index is 3.32. The van der Waals surface area contributed by atoms with Crippen LogP contribution in [0.2, 0.25) is 0 Å². The van der Waals surface area contributed by atoms with E-state index in [4.69, 9.17) is 9.47 Å². The van der Waals surface area contributed by atoms with Crippen molar-refractivity contribution in [2.45, 2.75) is 26.2 Å². The highest BCUT2D eigenvalue weighted by Gasteiger charge is 2.18. The lowest BCUT2D eigenvalue weighted by molar-refractivity contribution is 0.351. The molecule has 0 amide bonds. The van der Waals surface area contributed by atoms with Crippen molar-refractivity contribution in [3.8, 4) is 11.5 Å². The molecule has 0 aliphatic heterocycles. The topological polar surface area (TPSA) is 18.5 Å². The van der Waals surface area contributed by atoms with Crippen LogP contribution in [0.15, 0.2) is 16.6 Å². The van der Waals surface area contributed by atoms with Crippen LogP contribution in [0.1, 0.15) is 26.3 Å². The second kappa shape index (κ2) is 4.44. The summed E-state index contributed by atoms with van der Waals surface area (Å²) in [7, 11) is 3.29. The Hall–Kier alpha value is -0.700. The van der Waals surface area contributed by atoms with E-state index in [0.29, 0.717) is 0 Å². The Bertz CT molecular complexity index is 353. The molecule has 0 unspecified atom stereocenters. The summed E-state index contributed by atoms with van der Waals surface area (Å²) in [5, 5.41) is 0. The van der Waals surface area contributed by atoms with E-state index >= 15 is 0 Å². The molecule has 2 nitrogen and oxygen atoms in total. The zero-order valence-electron chi connectivity index (χ0n) is 9.85. The second-order valence-corrected chi connectivity index (χ2v) is 5.30. The molecule has 0 fully saturated rings. The quantitative estimate of drug-likeness (QED) is 0.816. The van der Waals surface area contributed by atoms with Crippen molar-refractivity contribution in [1.82, 2.24) is 0 Å². The smallest absolute Gasteiger partial charge is 0.174 e. The lowest BCUT2D eigenvalue weighted by atomic mass is 9.87. The van der Waals surface area contributed by atoms with Crippen molar-refractivity contribution in [2.75, 3.05) is 14.2 Å². The first-order chi connectivity index (χ1) is 6.90. The van der Waals surface area contributed by atoms with Crippen molar-refractivity contribution in [3.63, 3.8) is 0 Å². The summed E-state index contributed by atoms with van der Waals surface area (Å²) in [6.07, 6.45) is 0. The van der Waals surface area contributed by atoms with Gasteiger partial charge in [-0.25, -0.2) is 0 Å². The van der Waals surface area contributed by atoms with E-state index in [1.165, 1.54) is 5.56 Å². The molecule has 1 aromatic rings. The van der Waals surface area contributed by atoms with Gasteiger partial charge in [0.25, 0.3) is 0 Å². The summed E-state index contributed by atoms with van der Waals surface area (Å²) in [6, 6.07) is 4.09. The number of rotatable bonds is 2. The van der Waals surface area contributed by atoms with Crippen molar-refractivity contribution in [1.29, 1.82) is 0 Å². The number of halogens is 1. The molecule has 0 aromatic heterocycles. The van der Waals surface area contributed by atoms with Crippen LogP contribution in [0, 0.1) is 0 Å². The first kappa shape index (κ1) is 12.4. The Morgan fingerprint density at radius 3 is 2.07 bits per heavy atom. The van der Waals surface area contributed by atoms with E-state index in [1.807, 2.05) is 6.07 Å². The molecule has 0 spiro atoms. The maximum absolute atomic E-state index is 5.30. The minimum Gasteiger partial charge on any atom is -0.493 e. The van der Waals surface area contributed by atoms with E-state index in [9.17, 15) is 0 Å². The van der Waals surface area contributed by atoms with E-state index < -0.39 is 0 Å². The van der Waals surface area contributed by atoms with Crippen LogP contribution in [0.4, 0.5) is 0 Å². The monoisotopic (exact) mass is 272 g/mol. The van der Waals surface area contributed by atoms with Crippen LogP contribution < -0.4 is 9.47 Å². The third-order valence-corrected chi connectivity index (χ3v) is 2.89. The molecule has 15 heavy (non-hydrogen) atoms. The van der Waals surface area contributed by atoms with Gasteiger partial charge in [-0.2, -0.15) is 0 Å². The van der Waals surface area contributed by atoms with Crippen LogP contribution in [-0.4, -0.2) is 14.2 Å². The molecular formula is C12H17BrO2. The van der Waals surface area contributed by atoms with Gasteiger partial charge in [0.05, 0.1) is 18.7 Å². The zero-order valence-corrected chi connectivity index (χ0v) is 11.4. The number of ether oxygens (including phenoxy) is 2. The highest BCUT2D eigenvalue weighted by molar-refractivity contribution is 9.10. The third kappa shape index (κ3) is 2.65. The molecular weight excluding hydrogens is 256 g/mol. The van der Waals surface area contributed by atoms with Crippen LogP contribution in [0.3, 0.4) is 0 Å². The van der Waals surface area contributed by atoms with Gasteiger partial charge in [0.2, 0.25) is 0 Å². The van der Waals surface area contributed by atoms with Gasteiger partial charge in [-0.1, -0.05) is 20.8 Å².